The van der Waals surface area contributed by atoms with Crippen molar-refractivity contribution in [3.8, 4) is 17.2 Å². The van der Waals surface area contributed by atoms with Gasteiger partial charge in [0.2, 0.25) is 0 Å². The maximum Gasteiger partial charge on any atom is 0.127 e. The molecule has 0 heterocycles. The Labute approximate surface area is 129 Å². The highest BCUT2D eigenvalue weighted by molar-refractivity contribution is 5.35. The van der Waals surface area contributed by atoms with E-state index in [1.165, 1.54) is 18.6 Å². The predicted octanol–water partition coefficient (Wildman–Crippen LogP) is 4.12. The molecule has 1 fully saturated rings. The van der Waals surface area contributed by atoms with Gasteiger partial charge in [-0.2, -0.15) is 0 Å². The summed E-state index contributed by atoms with van der Waals surface area (Å²) in [6, 6.07) is 13.6. The van der Waals surface area contributed by atoms with Gasteiger partial charge in [0.05, 0.1) is 6.61 Å². The molecule has 2 aromatic carbocycles. The summed E-state index contributed by atoms with van der Waals surface area (Å²) >= 11 is 0. The van der Waals surface area contributed by atoms with Gasteiger partial charge < -0.3 is 15.2 Å². The summed E-state index contributed by atoms with van der Waals surface area (Å²) in [6.07, 6.45) is 3.44. The van der Waals surface area contributed by atoms with Crippen LogP contribution in [0.5, 0.6) is 17.2 Å². The zero-order valence-corrected chi connectivity index (χ0v) is 12.4. The summed E-state index contributed by atoms with van der Waals surface area (Å²) in [7, 11) is 0. The molecule has 0 radical (unpaired) electrons. The Bertz CT molecular complexity index is 597. The minimum absolute atomic E-state index is 0.265. The SMILES string of the molecule is N[C@@H]1CCC[C@@H]1COc1ccc(Oc2ccc(F)cc2)cc1. The molecule has 1 aliphatic carbocycles. The molecule has 0 amide bonds. The first-order chi connectivity index (χ1) is 10.7. The summed E-state index contributed by atoms with van der Waals surface area (Å²) in [4.78, 5) is 0. The van der Waals surface area contributed by atoms with E-state index in [1.54, 1.807) is 12.1 Å². The predicted molar refractivity (Wildman–Crippen MR) is 83.7 cm³/mol. The average Bonchev–Trinajstić information content (AvgIpc) is 2.94. The fourth-order valence-electron chi connectivity index (χ4n) is 2.72. The molecule has 116 valence electrons. The first-order valence-corrected chi connectivity index (χ1v) is 7.62. The number of ether oxygens (including phenoxy) is 2. The average molecular weight is 301 g/mol. The molecule has 3 nitrogen and oxygen atoms in total. The van der Waals surface area contributed by atoms with Crippen molar-refractivity contribution in [2.24, 2.45) is 11.7 Å². The second kappa shape index (κ2) is 6.79. The molecule has 0 saturated heterocycles. The van der Waals surface area contributed by atoms with E-state index >= 15 is 0 Å². The van der Waals surface area contributed by atoms with Crippen LogP contribution in [0.1, 0.15) is 19.3 Å². The Hall–Kier alpha value is -2.07. The third-order valence-corrected chi connectivity index (χ3v) is 4.06. The molecule has 3 rings (SSSR count). The molecule has 4 heteroatoms. The largest absolute Gasteiger partial charge is 0.493 e. The second-order valence-corrected chi connectivity index (χ2v) is 5.69. The molecule has 2 aromatic rings. The van der Waals surface area contributed by atoms with E-state index in [1.807, 2.05) is 24.3 Å². The zero-order valence-electron chi connectivity index (χ0n) is 12.4. The van der Waals surface area contributed by atoms with Gasteiger partial charge in [-0.1, -0.05) is 6.42 Å². The summed E-state index contributed by atoms with van der Waals surface area (Å²) in [5.74, 6) is 2.28. The van der Waals surface area contributed by atoms with E-state index < -0.39 is 0 Å². The minimum atomic E-state index is -0.277. The van der Waals surface area contributed by atoms with Crippen LogP contribution in [0, 0.1) is 11.7 Å². The van der Waals surface area contributed by atoms with Crippen molar-refractivity contribution in [2.75, 3.05) is 6.61 Å². The first kappa shape index (κ1) is 14.9. The lowest BCUT2D eigenvalue weighted by Crippen LogP contribution is -2.28. The van der Waals surface area contributed by atoms with E-state index in [0.29, 0.717) is 24.0 Å². The van der Waals surface area contributed by atoms with Gasteiger partial charge in [-0.25, -0.2) is 4.39 Å². The lowest BCUT2D eigenvalue weighted by molar-refractivity contribution is 0.239. The Balaban J connectivity index is 1.54. The lowest BCUT2D eigenvalue weighted by Gasteiger charge is -2.16. The molecule has 0 aliphatic heterocycles. The van der Waals surface area contributed by atoms with Crippen LogP contribution in [-0.4, -0.2) is 12.6 Å². The number of rotatable bonds is 5. The van der Waals surface area contributed by atoms with E-state index in [2.05, 4.69) is 0 Å². The Morgan fingerprint density at radius 1 is 0.909 bits per heavy atom. The van der Waals surface area contributed by atoms with E-state index in [0.717, 1.165) is 18.6 Å². The lowest BCUT2D eigenvalue weighted by atomic mass is 10.1. The van der Waals surface area contributed by atoms with Crippen LogP contribution in [-0.2, 0) is 0 Å². The topological polar surface area (TPSA) is 44.5 Å². The van der Waals surface area contributed by atoms with Crippen LogP contribution in [0.25, 0.3) is 0 Å². The summed E-state index contributed by atoms with van der Waals surface area (Å²) < 4.78 is 24.3. The second-order valence-electron chi connectivity index (χ2n) is 5.69. The van der Waals surface area contributed by atoms with Crippen LogP contribution in [0.4, 0.5) is 4.39 Å². The number of hydrogen-bond acceptors (Lipinski definition) is 3. The molecule has 0 unspecified atom stereocenters. The van der Waals surface area contributed by atoms with Crippen LogP contribution in [0.15, 0.2) is 48.5 Å². The highest BCUT2D eigenvalue weighted by Gasteiger charge is 2.24. The molecule has 0 spiro atoms. The summed E-state index contributed by atoms with van der Waals surface area (Å²) in [5, 5.41) is 0. The van der Waals surface area contributed by atoms with Crippen molar-refractivity contribution >= 4 is 0 Å². The quantitative estimate of drug-likeness (QED) is 0.903. The van der Waals surface area contributed by atoms with Crippen LogP contribution < -0.4 is 15.2 Å². The maximum absolute atomic E-state index is 12.8. The van der Waals surface area contributed by atoms with Gasteiger partial charge in [-0.3, -0.25) is 0 Å². The fourth-order valence-corrected chi connectivity index (χ4v) is 2.72. The van der Waals surface area contributed by atoms with E-state index in [-0.39, 0.29) is 11.9 Å². The normalized spacial score (nSPS) is 20.8. The summed E-state index contributed by atoms with van der Waals surface area (Å²) in [6.45, 7) is 0.666. The van der Waals surface area contributed by atoms with Crippen molar-refractivity contribution in [3.63, 3.8) is 0 Å². The van der Waals surface area contributed by atoms with E-state index in [4.69, 9.17) is 15.2 Å². The highest BCUT2D eigenvalue weighted by atomic mass is 19.1. The third-order valence-electron chi connectivity index (χ3n) is 4.06. The van der Waals surface area contributed by atoms with Crippen LogP contribution in [0.2, 0.25) is 0 Å². The first-order valence-electron chi connectivity index (χ1n) is 7.62. The minimum Gasteiger partial charge on any atom is -0.493 e. The highest BCUT2D eigenvalue weighted by Crippen LogP contribution is 2.27. The van der Waals surface area contributed by atoms with Crippen molar-refractivity contribution in [3.05, 3.63) is 54.3 Å². The van der Waals surface area contributed by atoms with Crippen molar-refractivity contribution in [2.45, 2.75) is 25.3 Å². The Morgan fingerprint density at radius 3 is 2.09 bits per heavy atom. The van der Waals surface area contributed by atoms with Crippen molar-refractivity contribution < 1.29 is 13.9 Å². The van der Waals surface area contributed by atoms with Gasteiger partial charge in [0.1, 0.15) is 23.1 Å². The smallest absolute Gasteiger partial charge is 0.127 e. The molecule has 22 heavy (non-hydrogen) atoms. The van der Waals surface area contributed by atoms with Gasteiger partial charge in [0.15, 0.2) is 0 Å². The monoisotopic (exact) mass is 301 g/mol. The molecule has 1 saturated carbocycles. The molecular weight excluding hydrogens is 281 g/mol. The molecule has 1 aliphatic rings. The van der Waals surface area contributed by atoms with E-state index in [9.17, 15) is 4.39 Å². The Morgan fingerprint density at radius 2 is 1.50 bits per heavy atom. The van der Waals surface area contributed by atoms with Gasteiger partial charge in [-0.05, 0) is 61.4 Å². The number of halogens is 1. The third kappa shape index (κ3) is 3.77. The number of benzene rings is 2. The van der Waals surface area contributed by atoms with Crippen LogP contribution in [0.3, 0.4) is 0 Å². The van der Waals surface area contributed by atoms with Gasteiger partial charge >= 0.3 is 0 Å². The molecule has 2 atom stereocenters. The number of hydrogen-bond donors (Lipinski definition) is 1. The van der Waals surface area contributed by atoms with Gasteiger partial charge in [-0.15, -0.1) is 0 Å². The number of nitrogens with two attached hydrogens (primary N) is 1. The van der Waals surface area contributed by atoms with Crippen molar-refractivity contribution in [1.29, 1.82) is 0 Å². The van der Waals surface area contributed by atoms with Crippen LogP contribution >= 0.6 is 0 Å². The fraction of sp³-hybridized carbons (Fsp3) is 0.333. The molecule has 2 N–H and O–H groups in total. The maximum atomic E-state index is 12.8. The van der Waals surface area contributed by atoms with Gasteiger partial charge in [0.25, 0.3) is 0 Å². The Kier molecular flexibility index (Phi) is 4.59. The van der Waals surface area contributed by atoms with Crippen molar-refractivity contribution in [1.82, 2.24) is 0 Å². The zero-order chi connectivity index (χ0) is 15.4. The molecule has 0 bridgehead atoms. The molecular formula is C18H20FNO2. The summed E-state index contributed by atoms with van der Waals surface area (Å²) in [5.41, 5.74) is 6.04. The van der Waals surface area contributed by atoms with Gasteiger partial charge in [0, 0.05) is 12.0 Å². The standard InChI is InChI=1S/C18H20FNO2/c19-14-4-6-16(7-5-14)22-17-10-8-15(9-11-17)21-12-13-2-1-3-18(13)20/h4-11,13,18H,1-3,12,20H2/t13-,18-/m1/s1. The molecule has 0 aromatic heterocycles.